The Hall–Kier alpha value is -1.22. The van der Waals surface area contributed by atoms with Gasteiger partial charge in [0.1, 0.15) is 0 Å². The summed E-state index contributed by atoms with van der Waals surface area (Å²) in [5.41, 5.74) is 9.39. The van der Waals surface area contributed by atoms with Gasteiger partial charge in [-0.05, 0) is 57.0 Å². The van der Waals surface area contributed by atoms with Crippen molar-refractivity contribution in [2.24, 2.45) is 5.92 Å². The maximum Gasteiger partial charge on any atom is 0.0600 e. The molecule has 1 fully saturated rings. The smallest absolute Gasteiger partial charge is 0.0600 e. The molecule has 3 heteroatoms. The van der Waals surface area contributed by atoms with E-state index in [0.717, 1.165) is 18.2 Å². The van der Waals surface area contributed by atoms with Crippen molar-refractivity contribution in [3.8, 4) is 0 Å². The van der Waals surface area contributed by atoms with Crippen LogP contribution < -0.4 is 10.6 Å². The first-order valence-electron chi connectivity index (χ1n) is 6.82. The molecule has 0 aliphatic carbocycles. The van der Waals surface area contributed by atoms with Crippen molar-refractivity contribution < 1.29 is 0 Å². The number of hydrogen-bond donors (Lipinski definition) is 1. The van der Waals surface area contributed by atoms with E-state index in [2.05, 4.69) is 43.0 Å². The number of hydrogen-bond acceptors (Lipinski definition) is 3. The molecule has 1 heterocycles. The zero-order valence-corrected chi connectivity index (χ0v) is 11.8. The summed E-state index contributed by atoms with van der Waals surface area (Å²) in [7, 11) is 4.37. The SMILES string of the molecule is Cc1ccc(N)c(N(C)CC2CCCN(C)C2)c1. The number of rotatable bonds is 3. The quantitative estimate of drug-likeness (QED) is 0.832. The predicted molar refractivity (Wildman–Crippen MR) is 79.1 cm³/mol. The summed E-state index contributed by atoms with van der Waals surface area (Å²) in [5, 5.41) is 0. The maximum absolute atomic E-state index is 6.07. The molecule has 1 unspecified atom stereocenters. The zero-order valence-electron chi connectivity index (χ0n) is 11.8. The molecule has 2 rings (SSSR count). The first-order chi connectivity index (χ1) is 8.56. The second-order valence-corrected chi connectivity index (χ2v) is 5.71. The van der Waals surface area contributed by atoms with Crippen molar-refractivity contribution in [1.29, 1.82) is 0 Å². The van der Waals surface area contributed by atoms with Crippen LogP contribution in [-0.4, -0.2) is 38.6 Å². The van der Waals surface area contributed by atoms with Crippen LogP contribution in [0.2, 0.25) is 0 Å². The van der Waals surface area contributed by atoms with E-state index in [4.69, 9.17) is 5.73 Å². The average molecular weight is 247 g/mol. The van der Waals surface area contributed by atoms with Crippen LogP contribution in [0.4, 0.5) is 11.4 Å². The Balaban J connectivity index is 2.02. The highest BCUT2D eigenvalue weighted by molar-refractivity contribution is 5.68. The van der Waals surface area contributed by atoms with E-state index >= 15 is 0 Å². The highest BCUT2D eigenvalue weighted by Crippen LogP contribution is 2.25. The third-order valence-corrected chi connectivity index (χ3v) is 3.85. The van der Waals surface area contributed by atoms with Gasteiger partial charge in [0.05, 0.1) is 11.4 Å². The number of piperidine rings is 1. The molecule has 1 aliphatic heterocycles. The Morgan fingerprint density at radius 1 is 1.44 bits per heavy atom. The molecule has 1 aromatic rings. The molecule has 2 N–H and O–H groups in total. The lowest BCUT2D eigenvalue weighted by molar-refractivity contribution is 0.213. The van der Waals surface area contributed by atoms with Crippen LogP contribution in [0.15, 0.2) is 18.2 Å². The van der Waals surface area contributed by atoms with Gasteiger partial charge < -0.3 is 15.5 Å². The fourth-order valence-corrected chi connectivity index (χ4v) is 2.89. The van der Waals surface area contributed by atoms with E-state index in [9.17, 15) is 0 Å². The van der Waals surface area contributed by atoms with E-state index in [0.29, 0.717) is 0 Å². The molecular formula is C15H25N3. The number of anilines is 2. The number of benzene rings is 1. The molecule has 0 aromatic heterocycles. The summed E-state index contributed by atoms with van der Waals surface area (Å²) in [6.45, 7) is 5.66. The Morgan fingerprint density at radius 2 is 2.22 bits per heavy atom. The van der Waals surface area contributed by atoms with Crippen LogP contribution in [-0.2, 0) is 0 Å². The Kier molecular flexibility index (Phi) is 4.12. The van der Waals surface area contributed by atoms with Crippen LogP contribution in [0.1, 0.15) is 18.4 Å². The van der Waals surface area contributed by atoms with E-state index in [-0.39, 0.29) is 0 Å². The van der Waals surface area contributed by atoms with Crippen molar-refractivity contribution in [3.05, 3.63) is 23.8 Å². The summed E-state index contributed by atoms with van der Waals surface area (Å²) in [5.74, 6) is 0.758. The van der Waals surface area contributed by atoms with Gasteiger partial charge in [0, 0.05) is 20.1 Å². The van der Waals surface area contributed by atoms with Crippen LogP contribution in [0.3, 0.4) is 0 Å². The summed E-state index contributed by atoms with van der Waals surface area (Å²) >= 11 is 0. The van der Waals surface area contributed by atoms with Crippen molar-refractivity contribution in [3.63, 3.8) is 0 Å². The predicted octanol–water partition coefficient (Wildman–Crippen LogP) is 2.36. The molecular weight excluding hydrogens is 222 g/mol. The fraction of sp³-hybridized carbons (Fsp3) is 0.600. The number of aryl methyl sites for hydroxylation is 1. The number of nitrogens with two attached hydrogens (primary N) is 1. The molecule has 3 nitrogen and oxygen atoms in total. The molecule has 100 valence electrons. The number of likely N-dealkylation sites (tertiary alicyclic amines) is 1. The van der Waals surface area contributed by atoms with E-state index in [1.165, 1.54) is 37.2 Å². The molecule has 0 spiro atoms. The third kappa shape index (κ3) is 3.16. The first-order valence-corrected chi connectivity index (χ1v) is 6.82. The van der Waals surface area contributed by atoms with Gasteiger partial charge in [0.2, 0.25) is 0 Å². The van der Waals surface area contributed by atoms with Gasteiger partial charge in [-0.25, -0.2) is 0 Å². The van der Waals surface area contributed by atoms with Gasteiger partial charge in [-0.15, -0.1) is 0 Å². The first kappa shape index (κ1) is 13.2. The van der Waals surface area contributed by atoms with E-state index < -0.39 is 0 Å². The molecule has 1 saturated heterocycles. The number of nitrogen functional groups attached to an aromatic ring is 1. The molecule has 18 heavy (non-hydrogen) atoms. The largest absolute Gasteiger partial charge is 0.397 e. The highest BCUT2D eigenvalue weighted by Gasteiger charge is 2.19. The van der Waals surface area contributed by atoms with Crippen LogP contribution >= 0.6 is 0 Å². The molecule has 0 amide bonds. The van der Waals surface area contributed by atoms with Gasteiger partial charge in [-0.2, -0.15) is 0 Å². The Bertz CT molecular complexity index is 403. The van der Waals surface area contributed by atoms with Crippen LogP contribution in [0.5, 0.6) is 0 Å². The highest BCUT2D eigenvalue weighted by atomic mass is 15.1. The van der Waals surface area contributed by atoms with Gasteiger partial charge in [-0.3, -0.25) is 0 Å². The molecule has 0 radical (unpaired) electrons. The topological polar surface area (TPSA) is 32.5 Å². The second-order valence-electron chi connectivity index (χ2n) is 5.71. The molecule has 0 saturated carbocycles. The normalized spacial score (nSPS) is 20.9. The second kappa shape index (κ2) is 5.61. The van der Waals surface area contributed by atoms with Gasteiger partial charge in [0.25, 0.3) is 0 Å². The van der Waals surface area contributed by atoms with E-state index in [1.54, 1.807) is 0 Å². The van der Waals surface area contributed by atoms with Gasteiger partial charge in [0.15, 0.2) is 0 Å². The van der Waals surface area contributed by atoms with Crippen molar-refractivity contribution in [2.75, 3.05) is 44.4 Å². The minimum absolute atomic E-state index is 0.758. The Morgan fingerprint density at radius 3 is 2.94 bits per heavy atom. The monoisotopic (exact) mass is 247 g/mol. The van der Waals surface area contributed by atoms with Gasteiger partial charge in [-0.1, -0.05) is 6.07 Å². The minimum atomic E-state index is 0.758. The standard InChI is InChI=1S/C15H25N3/c1-12-6-7-14(16)15(9-12)18(3)11-13-5-4-8-17(2)10-13/h6-7,9,13H,4-5,8,10-11,16H2,1-3H3. The fourth-order valence-electron chi connectivity index (χ4n) is 2.89. The van der Waals surface area contributed by atoms with Gasteiger partial charge >= 0.3 is 0 Å². The average Bonchev–Trinajstić information content (AvgIpc) is 2.32. The molecule has 0 bridgehead atoms. The summed E-state index contributed by atoms with van der Waals surface area (Å²) in [4.78, 5) is 4.74. The third-order valence-electron chi connectivity index (χ3n) is 3.85. The van der Waals surface area contributed by atoms with Crippen molar-refractivity contribution >= 4 is 11.4 Å². The van der Waals surface area contributed by atoms with Crippen molar-refractivity contribution in [2.45, 2.75) is 19.8 Å². The molecule has 1 aliphatic rings. The summed E-state index contributed by atoms with van der Waals surface area (Å²) in [6.07, 6.45) is 2.65. The summed E-state index contributed by atoms with van der Waals surface area (Å²) < 4.78 is 0. The van der Waals surface area contributed by atoms with E-state index in [1.807, 2.05) is 6.07 Å². The molecule has 1 aromatic carbocycles. The van der Waals surface area contributed by atoms with Crippen LogP contribution in [0, 0.1) is 12.8 Å². The van der Waals surface area contributed by atoms with Crippen molar-refractivity contribution in [1.82, 2.24) is 4.90 Å². The zero-order chi connectivity index (χ0) is 13.1. The minimum Gasteiger partial charge on any atom is -0.397 e. The lowest BCUT2D eigenvalue weighted by Crippen LogP contribution is -2.38. The lowest BCUT2D eigenvalue weighted by Gasteiger charge is -2.33. The number of nitrogens with zero attached hydrogens (tertiary/aromatic N) is 2. The maximum atomic E-state index is 6.07. The molecule has 1 atom stereocenters. The Labute approximate surface area is 111 Å². The van der Waals surface area contributed by atoms with Crippen LogP contribution in [0.25, 0.3) is 0 Å². The summed E-state index contributed by atoms with van der Waals surface area (Å²) in [6, 6.07) is 6.26. The lowest BCUT2D eigenvalue weighted by atomic mass is 9.97.